The first-order valence-electron chi connectivity index (χ1n) is 11.1. The summed E-state index contributed by atoms with van der Waals surface area (Å²) in [7, 11) is 0. The highest BCUT2D eigenvalue weighted by molar-refractivity contribution is 5.81. The predicted octanol–water partition coefficient (Wildman–Crippen LogP) is 7.22. The van der Waals surface area contributed by atoms with Gasteiger partial charge in [-0.15, -0.1) is 0 Å². The molecular weight excluding hydrogens is 308 g/mol. The number of carbonyl (C=O) groups is 1. The normalized spacial score (nSPS) is 15.6. The number of ether oxygens (including phenoxy) is 1. The van der Waals surface area contributed by atoms with Gasteiger partial charge in [0.15, 0.2) is 0 Å². The maximum atomic E-state index is 11.5. The van der Waals surface area contributed by atoms with Gasteiger partial charge in [0, 0.05) is 6.08 Å². The van der Waals surface area contributed by atoms with E-state index in [2.05, 4.69) is 13.8 Å². The van der Waals surface area contributed by atoms with Gasteiger partial charge >= 0.3 is 5.97 Å². The predicted molar refractivity (Wildman–Crippen MR) is 108 cm³/mol. The minimum absolute atomic E-state index is 0.159. The van der Waals surface area contributed by atoms with E-state index in [-0.39, 0.29) is 5.97 Å². The molecule has 2 heteroatoms. The van der Waals surface area contributed by atoms with Gasteiger partial charge in [0.05, 0.1) is 6.61 Å². The summed E-state index contributed by atoms with van der Waals surface area (Å²) in [6, 6.07) is 0. The van der Waals surface area contributed by atoms with Crippen LogP contribution < -0.4 is 0 Å². The third-order valence-electron chi connectivity index (χ3n) is 5.19. The monoisotopic (exact) mass is 350 g/mol. The number of hydrogen-bond donors (Lipinski definition) is 0. The molecule has 1 atom stereocenters. The number of rotatable bonds is 17. The standard InChI is InChI=1S/C23H42O2/c1-3-4-5-6-7-8-9-10-11-12-13-14-15-21(2)20-25-23(24)19-18-22-16-17-22/h18-19,21-22H,3-17,20H2,1-2H3. The van der Waals surface area contributed by atoms with Gasteiger partial charge in [0.1, 0.15) is 0 Å². The van der Waals surface area contributed by atoms with E-state index < -0.39 is 0 Å². The first-order valence-corrected chi connectivity index (χ1v) is 11.1. The van der Waals surface area contributed by atoms with E-state index in [9.17, 15) is 4.79 Å². The Labute approximate surface area is 156 Å². The summed E-state index contributed by atoms with van der Waals surface area (Å²) in [5.41, 5.74) is 0. The first-order chi connectivity index (χ1) is 12.2. The second-order valence-corrected chi connectivity index (χ2v) is 8.11. The maximum Gasteiger partial charge on any atom is 0.330 e. The van der Waals surface area contributed by atoms with Crippen LogP contribution in [0, 0.1) is 11.8 Å². The Morgan fingerprint density at radius 1 is 0.920 bits per heavy atom. The van der Waals surface area contributed by atoms with Crippen LogP contribution in [0.3, 0.4) is 0 Å². The van der Waals surface area contributed by atoms with Crippen molar-refractivity contribution in [3.05, 3.63) is 12.2 Å². The topological polar surface area (TPSA) is 26.3 Å². The van der Waals surface area contributed by atoms with Crippen LogP contribution >= 0.6 is 0 Å². The summed E-state index contributed by atoms with van der Waals surface area (Å²) >= 11 is 0. The Balaban J connectivity index is 1.78. The van der Waals surface area contributed by atoms with Crippen molar-refractivity contribution in [3.63, 3.8) is 0 Å². The molecular formula is C23H42O2. The zero-order chi connectivity index (χ0) is 18.2. The van der Waals surface area contributed by atoms with Gasteiger partial charge in [0.2, 0.25) is 0 Å². The molecule has 0 aromatic rings. The minimum Gasteiger partial charge on any atom is -0.462 e. The fraction of sp³-hybridized carbons (Fsp3) is 0.870. The average molecular weight is 351 g/mol. The third kappa shape index (κ3) is 15.2. The van der Waals surface area contributed by atoms with Crippen LogP contribution in [0.2, 0.25) is 0 Å². The van der Waals surface area contributed by atoms with Crippen molar-refractivity contribution in [2.75, 3.05) is 6.61 Å². The highest BCUT2D eigenvalue weighted by Gasteiger charge is 2.17. The van der Waals surface area contributed by atoms with Crippen molar-refractivity contribution >= 4 is 5.97 Å². The fourth-order valence-electron chi connectivity index (χ4n) is 3.19. The molecule has 0 spiro atoms. The Morgan fingerprint density at radius 3 is 1.96 bits per heavy atom. The van der Waals surface area contributed by atoms with Crippen LogP contribution in [-0.2, 0) is 9.53 Å². The van der Waals surface area contributed by atoms with Gasteiger partial charge in [-0.05, 0) is 31.1 Å². The lowest BCUT2D eigenvalue weighted by Gasteiger charge is -2.11. The second kappa shape index (κ2) is 15.5. The number of hydrogen-bond acceptors (Lipinski definition) is 2. The lowest BCUT2D eigenvalue weighted by molar-refractivity contribution is -0.139. The highest BCUT2D eigenvalue weighted by atomic mass is 16.5. The smallest absolute Gasteiger partial charge is 0.330 e. The molecule has 0 aromatic carbocycles. The molecule has 0 N–H and O–H groups in total. The van der Waals surface area contributed by atoms with E-state index >= 15 is 0 Å². The Bertz CT molecular complexity index is 344. The van der Waals surface area contributed by atoms with E-state index in [0.717, 1.165) is 0 Å². The lowest BCUT2D eigenvalue weighted by Crippen LogP contribution is -2.10. The minimum atomic E-state index is -0.159. The quantitative estimate of drug-likeness (QED) is 0.157. The largest absolute Gasteiger partial charge is 0.462 e. The summed E-state index contributed by atoms with van der Waals surface area (Å²) in [5.74, 6) is 0.973. The van der Waals surface area contributed by atoms with Crippen LogP contribution in [0.4, 0.5) is 0 Å². The zero-order valence-electron chi connectivity index (χ0n) is 16.9. The van der Waals surface area contributed by atoms with E-state index in [0.29, 0.717) is 18.4 Å². The Morgan fingerprint density at radius 2 is 1.44 bits per heavy atom. The van der Waals surface area contributed by atoms with Crippen molar-refractivity contribution in [2.45, 2.75) is 110 Å². The van der Waals surface area contributed by atoms with Crippen LogP contribution in [0.1, 0.15) is 110 Å². The molecule has 0 aromatic heterocycles. The summed E-state index contributed by atoms with van der Waals surface area (Å²) in [4.78, 5) is 11.5. The van der Waals surface area contributed by atoms with Gasteiger partial charge in [-0.3, -0.25) is 0 Å². The van der Waals surface area contributed by atoms with E-state index in [1.807, 2.05) is 6.08 Å². The molecule has 1 saturated carbocycles. The third-order valence-corrected chi connectivity index (χ3v) is 5.19. The van der Waals surface area contributed by atoms with E-state index in [1.54, 1.807) is 6.08 Å². The highest BCUT2D eigenvalue weighted by Crippen LogP contribution is 2.29. The number of esters is 1. The SMILES string of the molecule is CCCCCCCCCCCCCCC(C)COC(=O)C=CC1CC1. The molecule has 0 aliphatic heterocycles. The molecule has 2 nitrogen and oxygen atoms in total. The van der Waals surface area contributed by atoms with E-state index in [4.69, 9.17) is 4.74 Å². The molecule has 1 rings (SSSR count). The molecule has 1 unspecified atom stereocenters. The van der Waals surface area contributed by atoms with Crippen LogP contribution in [-0.4, -0.2) is 12.6 Å². The molecule has 0 heterocycles. The molecule has 0 radical (unpaired) electrons. The van der Waals surface area contributed by atoms with Gasteiger partial charge < -0.3 is 4.74 Å². The maximum absolute atomic E-state index is 11.5. The molecule has 1 aliphatic rings. The van der Waals surface area contributed by atoms with Crippen molar-refractivity contribution in [3.8, 4) is 0 Å². The van der Waals surface area contributed by atoms with Gasteiger partial charge in [-0.1, -0.05) is 97.0 Å². The number of carbonyl (C=O) groups excluding carboxylic acids is 1. The van der Waals surface area contributed by atoms with Gasteiger partial charge in [0.25, 0.3) is 0 Å². The summed E-state index contributed by atoms with van der Waals surface area (Å²) in [6.45, 7) is 5.04. The van der Waals surface area contributed by atoms with Gasteiger partial charge in [-0.25, -0.2) is 4.79 Å². The summed E-state index contributed by atoms with van der Waals surface area (Å²) in [6.07, 6.45) is 24.0. The summed E-state index contributed by atoms with van der Waals surface area (Å²) < 4.78 is 5.31. The Hall–Kier alpha value is -0.790. The average Bonchev–Trinajstić information content (AvgIpc) is 3.43. The second-order valence-electron chi connectivity index (χ2n) is 8.11. The van der Waals surface area contributed by atoms with Crippen molar-refractivity contribution in [2.24, 2.45) is 11.8 Å². The zero-order valence-corrected chi connectivity index (χ0v) is 16.9. The lowest BCUT2D eigenvalue weighted by atomic mass is 10.0. The number of unbranched alkanes of at least 4 members (excludes halogenated alkanes) is 11. The molecule has 146 valence electrons. The molecule has 0 amide bonds. The van der Waals surface area contributed by atoms with Crippen LogP contribution in [0.25, 0.3) is 0 Å². The molecule has 1 aliphatic carbocycles. The number of allylic oxidation sites excluding steroid dienone is 1. The van der Waals surface area contributed by atoms with Crippen molar-refractivity contribution in [1.82, 2.24) is 0 Å². The van der Waals surface area contributed by atoms with Crippen molar-refractivity contribution in [1.29, 1.82) is 0 Å². The Kier molecular flexibility index (Phi) is 13.8. The molecule has 25 heavy (non-hydrogen) atoms. The molecule has 1 fully saturated rings. The van der Waals surface area contributed by atoms with Crippen LogP contribution in [0.15, 0.2) is 12.2 Å². The summed E-state index contributed by atoms with van der Waals surface area (Å²) in [5, 5.41) is 0. The fourth-order valence-corrected chi connectivity index (χ4v) is 3.19. The first kappa shape index (κ1) is 22.3. The van der Waals surface area contributed by atoms with Gasteiger partial charge in [-0.2, -0.15) is 0 Å². The van der Waals surface area contributed by atoms with Crippen molar-refractivity contribution < 1.29 is 9.53 Å². The molecule has 0 saturated heterocycles. The van der Waals surface area contributed by atoms with E-state index in [1.165, 1.54) is 96.3 Å². The molecule has 0 bridgehead atoms. The van der Waals surface area contributed by atoms with Crippen LogP contribution in [0.5, 0.6) is 0 Å².